The first kappa shape index (κ1) is 13.2. The van der Waals surface area contributed by atoms with Crippen LogP contribution in [0.3, 0.4) is 0 Å². The van der Waals surface area contributed by atoms with Gasteiger partial charge in [-0.1, -0.05) is 32.1 Å². The first-order valence-electron chi connectivity index (χ1n) is 8.12. The number of fused-ring (bicyclic) bond motifs is 5. The highest BCUT2D eigenvalue weighted by Crippen LogP contribution is 2.61. The van der Waals surface area contributed by atoms with Crippen LogP contribution in [0.5, 0.6) is 0 Å². The van der Waals surface area contributed by atoms with Crippen molar-refractivity contribution in [2.75, 3.05) is 0 Å². The van der Waals surface area contributed by atoms with E-state index in [-0.39, 0.29) is 16.6 Å². The van der Waals surface area contributed by atoms with Crippen molar-refractivity contribution >= 4 is 11.6 Å². The van der Waals surface area contributed by atoms with Crippen LogP contribution in [0.4, 0.5) is 0 Å². The molecule has 0 aromatic carbocycles. The van der Waals surface area contributed by atoms with Crippen LogP contribution in [-0.4, -0.2) is 11.6 Å². The molecule has 5 atom stereocenters. The van der Waals surface area contributed by atoms with E-state index in [2.05, 4.69) is 32.1 Å². The lowest BCUT2D eigenvalue weighted by Crippen LogP contribution is -2.48. The topological polar surface area (TPSA) is 34.1 Å². The Labute approximate surface area is 126 Å². The van der Waals surface area contributed by atoms with Gasteiger partial charge >= 0.3 is 0 Å². The minimum Gasteiger partial charge on any atom is -0.299 e. The molecule has 0 aliphatic heterocycles. The normalized spacial score (nSPS) is 47.7. The van der Waals surface area contributed by atoms with E-state index >= 15 is 0 Å². The summed E-state index contributed by atoms with van der Waals surface area (Å²) in [5.41, 5.74) is 1.03. The molecule has 0 heterocycles. The molecule has 110 valence electrons. The van der Waals surface area contributed by atoms with Gasteiger partial charge in [0.05, 0.1) is 0 Å². The van der Waals surface area contributed by atoms with Gasteiger partial charge in [0.2, 0.25) is 0 Å². The summed E-state index contributed by atoms with van der Waals surface area (Å²) in [6, 6.07) is 0. The first-order chi connectivity index (χ1) is 9.95. The summed E-state index contributed by atoms with van der Waals surface area (Å²) < 4.78 is 0. The number of carbonyl (C=O) groups is 2. The fourth-order valence-corrected chi connectivity index (χ4v) is 5.42. The van der Waals surface area contributed by atoms with Gasteiger partial charge in [-0.05, 0) is 54.7 Å². The zero-order valence-electron chi connectivity index (χ0n) is 12.8. The summed E-state index contributed by atoms with van der Waals surface area (Å²) in [6.45, 7) is 4.45. The van der Waals surface area contributed by atoms with Crippen LogP contribution >= 0.6 is 0 Å². The van der Waals surface area contributed by atoms with Gasteiger partial charge in [-0.3, -0.25) is 9.59 Å². The summed E-state index contributed by atoms with van der Waals surface area (Å²) in [6.07, 6.45) is 14.0. The van der Waals surface area contributed by atoms with Gasteiger partial charge in [0.25, 0.3) is 0 Å². The molecule has 0 aromatic rings. The minimum atomic E-state index is -0.0999. The Kier molecular flexibility index (Phi) is 2.56. The number of rotatable bonds is 0. The van der Waals surface area contributed by atoms with Gasteiger partial charge in [0.15, 0.2) is 5.78 Å². The van der Waals surface area contributed by atoms with Gasteiger partial charge in [0, 0.05) is 17.3 Å². The molecule has 0 amide bonds. The maximum absolute atomic E-state index is 12.3. The van der Waals surface area contributed by atoms with Crippen LogP contribution in [0.15, 0.2) is 36.0 Å². The van der Waals surface area contributed by atoms with E-state index in [0.717, 1.165) is 31.3 Å². The van der Waals surface area contributed by atoms with E-state index in [1.54, 1.807) is 12.2 Å². The van der Waals surface area contributed by atoms with Crippen molar-refractivity contribution in [1.82, 2.24) is 0 Å². The molecule has 0 radical (unpaired) electrons. The Hall–Kier alpha value is -1.44. The van der Waals surface area contributed by atoms with Gasteiger partial charge in [-0.15, -0.1) is 0 Å². The van der Waals surface area contributed by atoms with Crippen molar-refractivity contribution in [3.05, 3.63) is 36.0 Å². The zero-order chi connectivity index (χ0) is 14.8. The third-order valence-corrected chi connectivity index (χ3v) is 6.82. The number of Topliss-reactive ketones (excluding diaryl/α,β-unsaturated/α-hetero) is 1. The summed E-state index contributed by atoms with van der Waals surface area (Å²) in [5.74, 6) is 2.07. The highest BCUT2D eigenvalue weighted by atomic mass is 16.1. The van der Waals surface area contributed by atoms with Gasteiger partial charge in [-0.2, -0.15) is 0 Å². The predicted molar refractivity (Wildman–Crippen MR) is 81.5 cm³/mol. The van der Waals surface area contributed by atoms with Crippen LogP contribution in [0.25, 0.3) is 0 Å². The molecule has 21 heavy (non-hydrogen) atoms. The van der Waals surface area contributed by atoms with Gasteiger partial charge in [0.1, 0.15) is 5.78 Å². The van der Waals surface area contributed by atoms with Crippen molar-refractivity contribution in [1.29, 1.82) is 0 Å². The Bertz CT molecular complexity index is 623. The average Bonchev–Trinajstić information content (AvgIpc) is 2.76. The lowest BCUT2D eigenvalue weighted by molar-refractivity contribution is -0.130. The van der Waals surface area contributed by atoms with Crippen molar-refractivity contribution in [3.8, 4) is 0 Å². The second-order valence-electron chi connectivity index (χ2n) is 7.69. The van der Waals surface area contributed by atoms with Crippen molar-refractivity contribution < 1.29 is 9.59 Å². The highest BCUT2D eigenvalue weighted by molar-refractivity contribution is 6.01. The lowest BCUT2D eigenvalue weighted by atomic mass is 9.50. The molecule has 4 aliphatic carbocycles. The van der Waals surface area contributed by atoms with Gasteiger partial charge in [-0.25, -0.2) is 0 Å². The number of hydrogen-bond acceptors (Lipinski definition) is 2. The van der Waals surface area contributed by atoms with Crippen molar-refractivity contribution in [3.63, 3.8) is 0 Å². The summed E-state index contributed by atoms with van der Waals surface area (Å²) in [5, 5.41) is 0. The smallest absolute Gasteiger partial charge is 0.178 e. The molecule has 0 N–H and O–H groups in total. The lowest BCUT2D eigenvalue weighted by Gasteiger charge is -2.53. The summed E-state index contributed by atoms with van der Waals surface area (Å²) >= 11 is 0. The molecule has 0 aromatic heterocycles. The van der Waals surface area contributed by atoms with E-state index in [4.69, 9.17) is 0 Å². The number of allylic oxidation sites excluding steroid dienone is 6. The van der Waals surface area contributed by atoms with Crippen LogP contribution in [0, 0.1) is 28.6 Å². The summed E-state index contributed by atoms with van der Waals surface area (Å²) in [4.78, 5) is 24.0. The molecular weight excluding hydrogens is 260 g/mol. The molecule has 0 bridgehead atoms. The molecule has 4 rings (SSSR count). The highest BCUT2D eigenvalue weighted by Gasteiger charge is 2.57. The largest absolute Gasteiger partial charge is 0.299 e. The minimum absolute atomic E-state index is 0.0275. The SMILES string of the molecule is C[C@]12C=CC(=O)C=C1C=C[C@@H]1[C@@H]2CC[C@]2(C)C(=O)CC[C@@H]12. The number of hydrogen-bond donors (Lipinski definition) is 0. The molecular formula is C19H22O2. The van der Waals surface area contributed by atoms with Crippen LogP contribution < -0.4 is 0 Å². The summed E-state index contributed by atoms with van der Waals surface area (Å²) in [7, 11) is 0. The number of carbonyl (C=O) groups excluding carboxylic acids is 2. The van der Waals surface area contributed by atoms with E-state index < -0.39 is 0 Å². The third-order valence-electron chi connectivity index (χ3n) is 6.82. The van der Waals surface area contributed by atoms with E-state index in [9.17, 15) is 9.59 Å². The van der Waals surface area contributed by atoms with Crippen LogP contribution in [0.1, 0.15) is 39.5 Å². The molecule has 2 heteroatoms. The van der Waals surface area contributed by atoms with Crippen molar-refractivity contribution in [2.45, 2.75) is 39.5 Å². The Morgan fingerprint density at radius 3 is 2.71 bits per heavy atom. The monoisotopic (exact) mass is 282 g/mol. The fraction of sp³-hybridized carbons (Fsp3) is 0.579. The van der Waals surface area contributed by atoms with E-state index in [1.165, 1.54) is 0 Å². The van der Waals surface area contributed by atoms with E-state index in [1.807, 2.05) is 0 Å². The average molecular weight is 282 g/mol. The Balaban J connectivity index is 1.78. The first-order valence-corrected chi connectivity index (χ1v) is 8.12. The van der Waals surface area contributed by atoms with Crippen LogP contribution in [0.2, 0.25) is 0 Å². The standard InChI is InChI=1S/C19H22O2/c1-18-9-7-13(20)11-12(18)3-4-14-15-5-6-17(21)19(15,2)10-8-16(14)18/h3-4,7,9,11,14-16H,5-6,8,10H2,1-2H3/t14-,15-,16-,18-,19-/m0/s1. The maximum atomic E-state index is 12.3. The Morgan fingerprint density at radius 1 is 1.10 bits per heavy atom. The fourth-order valence-electron chi connectivity index (χ4n) is 5.42. The van der Waals surface area contributed by atoms with Gasteiger partial charge < -0.3 is 0 Å². The maximum Gasteiger partial charge on any atom is 0.178 e. The quantitative estimate of drug-likeness (QED) is 0.680. The second-order valence-corrected chi connectivity index (χ2v) is 7.69. The predicted octanol–water partition coefficient (Wildman–Crippen LogP) is 3.64. The molecule has 4 aliphatic rings. The molecule has 2 saturated carbocycles. The number of ketones is 2. The van der Waals surface area contributed by atoms with E-state index in [0.29, 0.717) is 23.5 Å². The molecule has 2 fully saturated rings. The zero-order valence-corrected chi connectivity index (χ0v) is 12.8. The molecule has 0 unspecified atom stereocenters. The second kappa shape index (κ2) is 4.06. The van der Waals surface area contributed by atoms with Crippen molar-refractivity contribution in [2.24, 2.45) is 28.6 Å². The molecule has 0 saturated heterocycles. The Morgan fingerprint density at radius 2 is 1.90 bits per heavy atom. The molecule has 2 nitrogen and oxygen atoms in total. The molecule has 0 spiro atoms. The van der Waals surface area contributed by atoms with Crippen LogP contribution in [-0.2, 0) is 9.59 Å². The third kappa shape index (κ3) is 1.59.